The van der Waals surface area contributed by atoms with E-state index in [2.05, 4.69) is 15.3 Å². The van der Waals surface area contributed by atoms with Crippen LogP contribution in [-0.2, 0) is 11.3 Å². The third-order valence-electron chi connectivity index (χ3n) is 2.00. The number of methoxy groups -OCH3 is 1. The molecular weight excluding hydrogens is 249 g/mol. The van der Waals surface area contributed by atoms with Gasteiger partial charge in [0.15, 0.2) is 5.82 Å². The summed E-state index contributed by atoms with van der Waals surface area (Å²) in [4.78, 5) is 7.88. The van der Waals surface area contributed by atoms with Crippen LogP contribution in [0, 0.1) is 0 Å². The van der Waals surface area contributed by atoms with Crippen LogP contribution in [0.1, 0.15) is 19.2 Å². The predicted octanol–water partition coefficient (Wildman–Crippen LogP) is 1.96. The molecule has 1 aromatic rings. The van der Waals surface area contributed by atoms with Gasteiger partial charge in [-0.1, -0.05) is 0 Å². The molecule has 0 saturated carbocycles. The summed E-state index contributed by atoms with van der Waals surface area (Å²) in [7, 11) is 1.46. The summed E-state index contributed by atoms with van der Waals surface area (Å²) in [5, 5.41) is 2.63. The highest BCUT2D eigenvalue weighted by Gasteiger charge is 2.30. The van der Waals surface area contributed by atoms with Gasteiger partial charge in [0.25, 0.3) is 0 Å². The monoisotopic (exact) mass is 264 g/mol. The normalized spacial score (nSPS) is 13.4. The molecular formula is C10H15F3N4O. The maximum atomic E-state index is 12.2. The average Bonchev–Trinajstić information content (AvgIpc) is 2.12. The largest absolute Gasteiger partial charge is 0.391 e. The predicted molar refractivity (Wildman–Crippen MR) is 60.9 cm³/mol. The molecule has 1 aromatic heterocycles. The smallest absolute Gasteiger partial charge is 0.384 e. The standard InChI is InChI=1S/C10H15F3N4O/c1-6(4-10(11,12)13)15-8-3-7(14)16-9(17-8)5-18-2/h3,6H,4-5H2,1-2H3,(H3,14,15,16,17). The van der Waals surface area contributed by atoms with Gasteiger partial charge in [-0.05, 0) is 6.92 Å². The Morgan fingerprint density at radius 3 is 2.67 bits per heavy atom. The van der Waals surface area contributed by atoms with Crippen molar-refractivity contribution in [2.75, 3.05) is 18.2 Å². The number of nitrogens with two attached hydrogens (primary N) is 1. The van der Waals surface area contributed by atoms with E-state index in [9.17, 15) is 13.2 Å². The lowest BCUT2D eigenvalue weighted by Gasteiger charge is -2.16. The Hall–Kier alpha value is -1.57. The molecule has 8 heteroatoms. The summed E-state index contributed by atoms with van der Waals surface area (Å²) in [5.41, 5.74) is 5.52. The first-order valence-corrected chi connectivity index (χ1v) is 5.26. The highest BCUT2D eigenvalue weighted by Crippen LogP contribution is 2.23. The van der Waals surface area contributed by atoms with Crippen molar-refractivity contribution in [2.24, 2.45) is 0 Å². The minimum Gasteiger partial charge on any atom is -0.384 e. The number of aromatic nitrogens is 2. The van der Waals surface area contributed by atoms with Crippen molar-refractivity contribution >= 4 is 11.6 Å². The van der Waals surface area contributed by atoms with E-state index in [0.29, 0.717) is 5.82 Å². The number of nitrogen functional groups attached to an aromatic ring is 1. The van der Waals surface area contributed by atoms with Gasteiger partial charge in [0.05, 0.1) is 6.42 Å². The maximum Gasteiger partial charge on any atom is 0.391 e. The van der Waals surface area contributed by atoms with Crippen molar-refractivity contribution in [1.82, 2.24) is 9.97 Å². The summed E-state index contributed by atoms with van der Waals surface area (Å²) in [6.45, 7) is 1.56. The first-order valence-electron chi connectivity index (χ1n) is 5.26. The molecule has 0 bridgehead atoms. The van der Waals surface area contributed by atoms with Crippen molar-refractivity contribution in [3.63, 3.8) is 0 Å². The van der Waals surface area contributed by atoms with Crippen LogP contribution in [0.25, 0.3) is 0 Å². The van der Waals surface area contributed by atoms with Crippen LogP contribution in [0.3, 0.4) is 0 Å². The second-order valence-corrected chi connectivity index (χ2v) is 3.89. The number of nitrogens with one attached hydrogen (secondary N) is 1. The van der Waals surface area contributed by atoms with E-state index in [4.69, 9.17) is 10.5 Å². The second-order valence-electron chi connectivity index (χ2n) is 3.89. The average molecular weight is 264 g/mol. The summed E-state index contributed by atoms with van der Waals surface area (Å²) in [6, 6.07) is 0.584. The number of hydrogen-bond donors (Lipinski definition) is 2. The van der Waals surface area contributed by atoms with Gasteiger partial charge in [0.2, 0.25) is 0 Å². The van der Waals surface area contributed by atoms with E-state index >= 15 is 0 Å². The molecule has 0 amide bonds. The number of ether oxygens (including phenoxy) is 1. The summed E-state index contributed by atoms with van der Waals surface area (Å²) in [5.74, 6) is 0.754. The zero-order valence-corrected chi connectivity index (χ0v) is 10.1. The zero-order valence-electron chi connectivity index (χ0n) is 10.1. The minimum atomic E-state index is -4.22. The molecule has 1 atom stereocenters. The van der Waals surface area contributed by atoms with Crippen LogP contribution < -0.4 is 11.1 Å². The van der Waals surface area contributed by atoms with E-state index in [1.807, 2.05) is 0 Å². The Morgan fingerprint density at radius 2 is 2.11 bits per heavy atom. The lowest BCUT2D eigenvalue weighted by molar-refractivity contribution is -0.136. The number of halogens is 3. The van der Waals surface area contributed by atoms with Gasteiger partial charge < -0.3 is 15.8 Å². The molecule has 0 saturated heterocycles. The van der Waals surface area contributed by atoms with Gasteiger partial charge in [-0.3, -0.25) is 0 Å². The fraction of sp³-hybridized carbons (Fsp3) is 0.600. The molecule has 0 aliphatic carbocycles. The van der Waals surface area contributed by atoms with Crippen LogP contribution in [0.5, 0.6) is 0 Å². The number of hydrogen-bond acceptors (Lipinski definition) is 5. The van der Waals surface area contributed by atoms with Crippen LogP contribution in [-0.4, -0.2) is 29.3 Å². The number of rotatable bonds is 5. The van der Waals surface area contributed by atoms with Gasteiger partial charge in [-0.2, -0.15) is 13.2 Å². The minimum absolute atomic E-state index is 0.146. The van der Waals surface area contributed by atoms with Gasteiger partial charge in [0.1, 0.15) is 18.2 Å². The molecule has 0 radical (unpaired) electrons. The van der Waals surface area contributed by atoms with Crippen molar-refractivity contribution in [3.05, 3.63) is 11.9 Å². The number of nitrogens with zero attached hydrogens (tertiary/aromatic N) is 2. The fourth-order valence-corrected chi connectivity index (χ4v) is 1.44. The molecule has 102 valence electrons. The summed E-state index contributed by atoms with van der Waals surface area (Å²) >= 11 is 0. The highest BCUT2D eigenvalue weighted by molar-refractivity contribution is 5.45. The van der Waals surface area contributed by atoms with Crippen LogP contribution >= 0.6 is 0 Å². The second kappa shape index (κ2) is 5.85. The van der Waals surface area contributed by atoms with Crippen LogP contribution in [0.2, 0.25) is 0 Å². The van der Waals surface area contributed by atoms with Crippen molar-refractivity contribution in [2.45, 2.75) is 32.2 Å². The van der Waals surface area contributed by atoms with Gasteiger partial charge >= 0.3 is 6.18 Å². The maximum absolute atomic E-state index is 12.2. The molecule has 1 heterocycles. The molecule has 0 aliphatic rings. The van der Waals surface area contributed by atoms with E-state index in [0.717, 1.165) is 0 Å². The molecule has 5 nitrogen and oxygen atoms in total. The lowest BCUT2D eigenvalue weighted by atomic mass is 10.2. The van der Waals surface area contributed by atoms with Crippen molar-refractivity contribution < 1.29 is 17.9 Å². The Labute approximate surface area is 103 Å². The van der Waals surface area contributed by atoms with Crippen molar-refractivity contribution in [1.29, 1.82) is 0 Å². The quantitative estimate of drug-likeness (QED) is 0.850. The molecule has 0 spiro atoms. The first-order chi connectivity index (χ1) is 8.30. The number of alkyl halides is 3. The molecule has 0 fully saturated rings. The number of anilines is 2. The molecule has 18 heavy (non-hydrogen) atoms. The first kappa shape index (κ1) is 14.5. The zero-order chi connectivity index (χ0) is 13.8. The summed E-state index contributed by atoms with van der Waals surface area (Å²) in [6.07, 6.45) is -5.17. The molecule has 1 rings (SSSR count). The Morgan fingerprint density at radius 1 is 1.44 bits per heavy atom. The van der Waals surface area contributed by atoms with E-state index in [1.165, 1.54) is 20.1 Å². The SMILES string of the molecule is COCc1nc(N)cc(NC(C)CC(F)(F)F)n1. The Balaban J connectivity index is 2.71. The van der Waals surface area contributed by atoms with E-state index in [-0.39, 0.29) is 18.2 Å². The highest BCUT2D eigenvalue weighted by atomic mass is 19.4. The van der Waals surface area contributed by atoms with E-state index in [1.54, 1.807) is 0 Å². The van der Waals surface area contributed by atoms with Crippen LogP contribution in [0.4, 0.5) is 24.8 Å². The van der Waals surface area contributed by atoms with Gasteiger partial charge in [0, 0.05) is 19.2 Å². The lowest BCUT2D eigenvalue weighted by Crippen LogP contribution is -2.24. The molecule has 0 aliphatic heterocycles. The van der Waals surface area contributed by atoms with Gasteiger partial charge in [-0.25, -0.2) is 9.97 Å². The van der Waals surface area contributed by atoms with E-state index < -0.39 is 18.6 Å². The van der Waals surface area contributed by atoms with Crippen LogP contribution in [0.15, 0.2) is 6.07 Å². The molecule has 1 unspecified atom stereocenters. The molecule has 3 N–H and O–H groups in total. The summed E-state index contributed by atoms with van der Waals surface area (Å²) < 4.78 is 41.3. The topological polar surface area (TPSA) is 73.1 Å². The fourth-order valence-electron chi connectivity index (χ4n) is 1.44. The van der Waals surface area contributed by atoms with Crippen molar-refractivity contribution in [3.8, 4) is 0 Å². The Bertz CT molecular complexity index is 397. The Kier molecular flexibility index (Phi) is 4.71. The third kappa shape index (κ3) is 5.17. The van der Waals surface area contributed by atoms with Gasteiger partial charge in [-0.15, -0.1) is 0 Å². The molecule has 0 aromatic carbocycles. The third-order valence-corrected chi connectivity index (χ3v) is 2.00.